The van der Waals surface area contributed by atoms with E-state index >= 15 is 0 Å². The lowest BCUT2D eigenvalue weighted by atomic mass is 10.0. The van der Waals surface area contributed by atoms with Crippen LogP contribution in [0.5, 0.6) is 0 Å². The van der Waals surface area contributed by atoms with E-state index in [0.717, 1.165) is 54.7 Å². The molecule has 4 nitrogen and oxygen atoms in total. The molecule has 4 rings (SSSR count). The smallest absolute Gasteiger partial charge is 0.224 e. The van der Waals surface area contributed by atoms with Crippen LogP contribution in [-0.2, 0) is 11.2 Å². The minimum atomic E-state index is -0.202. The van der Waals surface area contributed by atoms with Crippen LogP contribution in [0.4, 0.5) is 10.1 Å². The van der Waals surface area contributed by atoms with Gasteiger partial charge in [-0.2, -0.15) is 0 Å². The summed E-state index contributed by atoms with van der Waals surface area (Å²) in [7, 11) is 0. The number of hydrogen-bond acceptors (Lipinski definition) is 3. The number of halogens is 1. The van der Waals surface area contributed by atoms with Crippen molar-refractivity contribution in [2.75, 3.05) is 44.2 Å². The Labute approximate surface area is 170 Å². The number of piperazine rings is 1. The lowest BCUT2D eigenvalue weighted by molar-refractivity contribution is -0.120. The maximum Gasteiger partial charge on any atom is 0.224 e. The number of rotatable bonds is 6. The van der Waals surface area contributed by atoms with Crippen molar-refractivity contribution >= 4 is 22.4 Å². The monoisotopic (exact) mass is 391 g/mol. The molecule has 29 heavy (non-hydrogen) atoms. The van der Waals surface area contributed by atoms with Gasteiger partial charge in [0.15, 0.2) is 0 Å². The Bertz CT molecular complexity index is 960. The Morgan fingerprint density at radius 1 is 0.897 bits per heavy atom. The van der Waals surface area contributed by atoms with Gasteiger partial charge in [-0.25, -0.2) is 4.39 Å². The lowest BCUT2D eigenvalue weighted by Gasteiger charge is -2.36. The molecule has 0 bridgehead atoms. The van der Waals surface area contributed by atoms with Crippen LogP contribution >= 0.6 is 0 Å². The van der Waals surface area contributed by atoms with Crippen LogP contribution < -0.4 is 10.2 Å². The van der Waals surface area contributed by atoms with E-state index < -0.39 is 0 Å². The highest BCUT2D eigenvalue weighted by atomic mass is 19.1. The molecule has 0 atom stereocenters. The predicted octanol–water partition coefficient (Wildman–Crippen LogP) is 3.46. The van der Waals surface area contributed by atoms with Crippen molar-refractivity contribution in [2.24, 2.45) is 0 Å². The zero-order valence-corrected chi connectivity index (χ0v) is 16.5. The largest absolute Gasteiger partial charge is 0.369 e. The molecule has 3 aromatic rings. The van der Waals surface area contributed by atoms with E-state index in [4.69, 9.17) is 0 Å². The quantitative estimate of drug-likeness (QED) is 0.699. The van der Waals surface area contributed by atoms with Crippen LogP contribution in [0.3, 0.4) is 0 Å². The Morgan fingerprint density at radius 2 is 1.62 bits per heavy atom. The van der Waals surface area contributed by atoms with Gasteiger partial charge in [-0.3, -0.25) is 9.69 Å². The number of hydrogen-bond donors (Lipinski definition) is 1. The number of amides is 1. The minimum Gasteiger partial charge on any atom is -0.369 e. The second-order valence-electron chi connectivity index (χ2n) is 7.47. The van der Waals surface area contributed by atoms with Gasteiger partial charge in [0.25, 0.3) is 0 Å². The van der Waals surface area contributed by atoms with E-state index in [-0.39, 0.29) is 11.7 Å². The third kappa shape index (κ3) is 4.93. The summed E-state index contributed by atoms with van der Waals surface area (Å²) in [5, 5.41) is 5.36. The normalized spacial score (nSPS) is 14.9. The first-order valence-electron chi connectivity index (χ1n) is 10.2. The van der Waals surface area contributed by atoms with Crippen LogP contribution in [0, 0.1) is 5.82 Å². The number of nitrogens with zero attached hydrogens (tertiary/aromatic N) is 2. The van der Waals surface area contributed by atoms with Gasteiger partial charge in [0, 0.05) is 45.0 Å². The summed E-state index contributed by atoms with van der Waals surface area (Å²) in [4.78, 5) is 17.0. The molecule has 1 amide bonds. The van der Waals surface area contributed by atoms with Crippen molar-refractivity contribution < 1.29 is 9.18 Å². The number of benzene rings is 3. The molecule has 0 unspecified atom stereocenters. The van der Waals surface area contributed by atoms with Crippen molar-refractivity contribution in [2.45, 2.75) is 6.42 Å². The highest BCUT2D eigenvalue weighted by Gasteiger charge is 2.17. The molecular weight excluding hydrogens is 365 g/mol. The Kier molecular flexibility index (Phi) is 6.06. The summed E-state index contributed by atoms with van der Waals surface area (Å²) in [5.41, 5.74) is 2.13. The summed E-state index contributed by atoms with van der Waals surface area (Å²) in [6.45, 7) is 5.21. The zero-order valence-electron chi connectivity index (χ0n) is 16.5. The average molecular weight is 391 g/mol. The topological polar surface area (TPSA) is 35.6 Å². The van der Waals surface area contributed by atoms with Gasteiger partial charge in [-0.1, -0.05) is 42.5 Å². The van der Waals surface area contributed by atoms with Crippen molar-refractivity contribution in [3.8, 4) is 0 Å². The van der Waals surface area contributed by atoms with Crippen LogP contribution in [0.25, 0.3) is 10.8 Å². The third-order valence-electron chi connectivity index (χ3n) is 5.55. The molecule has 1 N–H and O–H groups in total. The van der Waals surface area contributed by atoms with Crippen molar-refractivity contribution in [3.63, 3.8) is 0 Å². The zero-order chi connectivity index (χ0) is 20.1. The fraction of sp³-hybridized carbons (Fsp3) is 0.292. The first kappa shape index (κ1) is 19.4. The predicted molar refractivity (Wildman–Crippen MR) is 116 cm³/mol. The number of carbonyl (C=O) groups excluding carboxylic acids is 1. The van der Waals surface area contributed by atoms with Gasteiger partial charge in [0.05, 0.1) is 6.42 Å². The van der Waals surface area contributed by atoms with Gasteiger partial charge in [-0.05, 0) is 40.6 Å². The summed E-state index contributed by atoms with van der Waals surface area (Å²) >= 11 is 0. The highest BCUT2D eigenvalue weighted by Crippen LogP contribution is 2.19. The molecule has 0 saturated carbocycles. The van der Waals surface area contributed by atoms with Gasteiger partial charge >= 0.3 is 0 Å². The number of carbonyl (C=O) groups is 1. The molecule has 5 heteroatoms. The summed E-state index contributed by atoms with van der Waals surface area (Å²) < 4.78 is 13.1. The Morgan fingerprint density at radius 3 is 2.41 bits per heavy atom. The molecule has 1 saturated heterocycles. The summed E-state index contributed by atoms with van der Waals surface area (Å²) in [6.07, 6.45) is 0.402. The minimum absolute atomic E-state index is 0.0614. The molecule has 1 fully saturated rings. The van der Waals surface area contributed by atoms with Crippen molar-refractivity contribution in [1.82, 2.24) is 10.2 Å². The van der Waals surface area contributed by atoms with Gasteiger partial charge < -0.3 is 10.2 Å². The standard InChI is InChI=1S/C24H26FN3O/c25-21-8-10-22(11-9-21)28-16-14-27(15-17-28)13-12-26-24(29)18-20-6-3-5-19-4-1-2-7-23(19)20/h1-11H,12-18H2,(H,26,29). The molecular formula is C24H26FN3O. The molecule has 3 aromatic carbocycles. The fourth-order valence-electron chi connectivity index (χ4n) is 3.92. The second kappa shape index (κ2) is 9.05. The van der Waals surface area contributed by atoms with Crippen LogP contribution in [0.2, 0.25) is 0 Å². The maximum atomic E-state index is 13.1. The van der Waals surface area contributed by atoms with Crippen molar-refractivity contribution in [3.05, 3.63) is 78.1 Å². The summed E-state index contributed by atoms with van der Waals surface area (Å²) in [5.74, 6) is -0.141. The van der Waals surface area contributed by atoms with Gasteiger partial charge in [-0.15, -0.1) is 0 Å². The fourth-order valence-corrected chi connectivity index (χ4v) is 3.92. The molecule has 0 radical (unpaired) electrons. The van der Waals surface area contributed by atoms with E-state index in [2.05, 4.69) is 33.3 Å². The van der Waals surface area contributed by atoms with E-state index in [1.54, 1.807) is 0 Å². The average Bonchev–Trinajstić information content (AvgIpc) is 2.75. The number of fused-ring (bicyclic) bond motifs is 1. The van der Waals surface area contributed by atoms with Crippen LogP contribution in [0.1, 0.15) is 5.56 Å². The third-order valence-corrected chi connectivity index (χ3v) is 5.55. The molecule has 1 heterocycles. The van der Waals surface area contributed by atoms with Crippen LogP contribution in [-0.4, -0.2) is 50.1 Å². The summed E-state index contributed by atoms with van der Waals surface area (Å²) in [6, 6.07) is 20.9. The maximum absolute atomic E-state index is 13.1. The Hall–Kier alpha value is -2.92. The molecule has 1 aliphatic heterocycles. The molecule has 0 aromatic heterocycles. The number of nitrogens with one attached hydrogen (secondary N) is 1. The van der Waals surface area contributed by atoms with Crippen LogP contribution in [0.15, 0.2) is 66.7 Å². The molecule has 0 aliphatic carbocycles. The highest BCUT2D eigenvalue weighted by molar-refractivity contribution is 5.90. The lowest BCUT2D eigenvalue weighted by Crippen LogP contribution is -2.48. The van der Waals surface area contributed by atoms with Gasteiger partial charge in [0.2, 0.25) is 5.91 Å². The number of anilines is 1. The first-order chi connectivity index (χ1) is 14.2. The van der Waals surface area contributed by atoms with Crippen molar-refractivity contribution in [1.29, 1.82) is 0 Å². The molecule has 0 spiro atoms. The first-order valence-corrected chi connectivity index (χ1v) is 10.2. The molecule has 150 valence electrons. The van der Waals surface area contributed by atoms with Gasteiger partial charge in [0.1, 0.15) is 5.82 Å². The SMILES string of the molecule is O=C(Cc1cccc2ccccc12)NCCN1CCN(c2ccc(F)cc2)CC1. The Balaban J connectivity index is 1.21. The molecule has 1 aliphatic rings. The van der Waals surface area contributed by atoms with E-state index in [1.807, 2.05) is 36.4 Å². The van der Waals surface area contributed by atoms with E-state index in [9.17, 15) is 9.18 Å². The van der Waals surface area contributed by atoms with E-state index in [1.165, 1.54) is 12.1 Å². The van der Waals surface area contributed by atoms with E-state index in [0.29, 0.717) is 13.0 Å². The second-order valence-corrected chi connectivity index (χ2v) is 7.47.